The summed E-state index contributed by atoms with van der Waals surface area (Å²) >= 11 is 0. The zero-order valence-corrected chi connectivity index (χ0v) is 10.8. The molecule has 0 spiro atoms. The van der Waals surface area contributed by atoms with E-state index in [2.05, 4.69) is 17.6 Å². The van der Waals surface area contributed by atoms with Crippen LogP contribution in [0, 0.1) is 5.92 Å². The van der Waals surface area contributed by atoms with Crippen LogP contribution in [-0.2, 0) is 4.74 Å². The summed E-state index contributed by atoms with van der Waals surface area (Å²) in [6.45, 7) is 9.78. The first-order chi connectivity index (χ1) is 7.42. The summed E-state index contributed by atoms with van der Waals surface area (Å²) < 4.78 is 5.26. The summed E-state index contributed by atoms with van der Waals surface area (Å²) in [7, 11) is 0. The number of carbonyl (C=O) groups excluding carboxylic acids is 1. The lowest BCUT2D eigenvalue weighted by Gasteiger charge is -2.26. The molecule has 1 fully saturated rings. The Balaban J connectivity index is 2.40. The van der Waals surface area contributed by atoms with Gasteiger partial charge in [0.05, 0.1) is 0 Å². The van der Waals surface area contributed by atoms with Crippen LogP contribution in [0.15, 0.2) is 0 Å². The van der Waals surface area contributed by atoms with Crippen LogP contribution in [0.1, 0.15) is 40.5 Å². The number of amides is 1. The van der Waals surface area contributed by atoms with Crippen LogP contribution < -0.4 is 10.6 Å². The van der Waals surface area contributed by atoms with E-state index < -0.39 is 5.60 Å². The van der Waals surface area contributed by atoms with Crippen LogP contribution in [0.4, 0.5) is 4.79 Å². The maximum Gasteiger partial charge on any atom is 0.407 e. The first-order valence-corrected chi connectivity index (χ1v) is 6.12. The van der Waals surface area contributed by atoms with E-state index in [1.165, 1.54) is 0 Å². The second kappa shape index (κ2) is 5.53. The number of carbonyl (C=O) groups is 1. The number of hydrogen-bond acceptors (Lipinski definition) is 3. The summed E-state index contributed by atoms with van der Waals surface area (Å²) in [5.74, 6) is 0.539. The fourth-order valence-electron chi connectivity index (χ4n) is 2.03. The third kappa shape index (κ3) is 4.39. The lowest BCUT2D eigenvalue weighted by Crippen LogP contribution is -2.43. The smallest absolute Gasteiger partial charge is 0.407 e. The largest absolute Gasteiger partial charge is 0.444 e. The minimum Gasteiger partial charge on any atom is -0.444 e. The SMILES string of the molecule is CC[C@H](NC(=O)OC(C)(C)C)[C@@H]1CCNC1. The summed E-state index contributed by atoms with van der Waals surface area (Å²) in [6, 6.07) is 0.227. The molecule has 16 heavy (non-hydrogen) atoms. The van der Waals surface area contributed by atoms with Gasteiger partial charge in [0.1, 0.15) is 5.60 Å². The Bertz CT molecular complexity index is 230. The van der Waals surface area contributed by atoms with E-state index in [4.69, 9.17) is 4.74 Å². The number of alkyl carbamates (subject to hydrolysis) is 1. The van der Waals surface area contributed by atoms with Gasteiger partial charge < -0.3 is 15.4 Å². The average Bonchev–Trinajstić information content (AvgIpc) is 2.63. The van der Waals surface area contributed by atoms with Crippen molar-refractivity contribution >= 4 is 6.09 Å². The summed E-state index contributed by atoms with van der Waals surface area (Å²) in [5, 5.41) is 6.28. The molecule has 0 saturated carbocycles. The monoisotopic (exact) mass is 228 g/mol. The molecule has 0 aromatic rings. The second-order valence-corrected chi connectivity index (χ2v) is 5.41. The quantitative estimate of drug-likeness (QED) is 0.775. The molecule has 0 aliphatic carbocycles. The van der Waals surface area contributed by atoms with Crippen LogP contribution in [0.25, 0.3) is 0 Å². The van der Waals surface area contributed by atoms with Gasteiger partial charge in [0.25, 0.3) is 0 Å². The minimum atomic E-state index is -0.420. The molecule has 0 bridgehead atoms. The van der Waals surface area contributed by atoms with Crippen molar-refractivity contribution in [1.29, 1.82) is 0 Å². The van der Waals surface area contributed by atoms with E-state index in [0.717, 1.165) is 25.9 Å². The van der Waals surface area contributed by atoms with Gasteiger partial charge in [-0.15, -0.1) is 0 Å². The molecule has 1 aliphatic rings. The highest BCUT2D eigenvalue weighted by Gasteiger charge is 2.26. The molecule has 94 valence electrons. The molecule has 4 nitrogen and oxygen atoms in total. The van der Waals surface area contributed by atoms with E-state index in [9.17, 15) is 4.79 Å². The molecule has 1 saturated heterocycles. The minimum absolute atomic E-state index is 0.227. The molecule has 2 atom stereocenters. The van der Waals surface area contributed by atoms with Gasteiger partial charge in [-0.3, -0.25) is 0 Å². The standard InChI is InChI=1S/C12H24N2O2/c1-5-10(9-6-7-13-8-9)14-11(15)16-12(2,3)4/h9-10,13H,5-8H2,1-4H3,(H,14,15)/t9-,10+/m1/s1. The summed E-state index contributed by atoms with van der Waals surface area (Å²) in [6.07, 6.45) is 1.78. The Morgan fingerprint density at radius 3 is 2.69 bits per heavy atom. The molecule has 4 heteroatoms. The highest BCUT2D eigenvalue weighted by Crippen LogP contribution is 2.16. The number of hydrogen-bond donors (Lipinski definition) is 2. The highest BCUT2D eigenvalue weighted by atomic mass is 16.6. The lowest BCUT2D eigenvalue weighted by molar-refractivity contribution is 0.0486. The normalized spacial score (nSPS) is 22.9. The van der Waals surface area contributed by atoms with Gasteiger partial charge in [0.15, 0.2) is 0 Å². The third-order valence-corrected chi connectivity index (χ3v) is 2.81. The molecular formula is C12H24N2O2. The molecule has 0 aromatic heterocycles. The molecule has 1 amide bonds. The van der Waals surface area contributed by atoms with E-state index in [0.29, 0.717) is 5.92 Å². The van der Waals surface area contributed by atoms with Gasteiger partial charge in [0, 0.05) is 6.04 Å². The van der Waals surface area contributed by atoms with Crippen LogP contribution in [0.2, 0.25) is 0 Å². The Morgan fingerprint density at radius 2 is 2.25 bits per heavy atom. The van der Waals surface area contributed by atoms with Gasteiger partial charge >= 0.3 is 6.09 Å². The van der Waals surface area contributed by atoms with E-state index in [1.807, 2.05) is 20.8 Å². The molecule has 0 unspecified atom stereocenters. The van der Waals surface area contributed by atoms with Crippen molar-refractivity contribution in [2.24, 2.45) is 5.92 Å². The molecule has 2 N–H and O–H groups in total. The van der Waals surface area contributed by atoms with Crippen LogP contribution in [-0.4, -0.2) is 30.8 Å². The van der Waals surface area contributed by atoms with Crippen LogP contribution in [0.5, 0.6) is 0 Å². The van der Waals surface area contributed by atoms with Gasteiger partial charge in [0.2, 0.25) is 0 Å². The van der Waals surface area contributed by atoms with E-state index in [1.54, 1.807) is 0 Å². The maximum atomic E-state index is 11.6. The highest BCUT2D eigenvalue weighted by molar-refractivity contribution is 5.68. The molecular weight excluding hydrogens is 204 g/mol. The van der Waals surface area contributed by atoms with Crippen LogP contribution >= 0.6 is 0 Å². The number of rotatable bonds is 3. The Morgan fingerprint density at radius 1 is 1.56 bits per heavy atom. The lowest BCUT2D eigenvalue weighted by atomic mass is 9.97. The van der Waals surface area contributed by atoms with E-state index in [-0.39, 0.29) is 12.1 Å². The fourth-order valence-corrected chi connectivity index (χ4v) is 2.03. The first kappa shape index (κ1) is 13.3. The van der Waals surface area contributed by atoms with Crippen molar-refractivity contribution < 1.29 is 9.53 Å². The topological polar surface area (TPSA) is 50.4 Å². The van der Waals surface area contributed by atoms with E-state index >= 15 is 0 Å². The maximum absolute atomic E-state index is 11.6. The molecule has 1 rings (SSSR count). The van der Waals surface area contributed by atoms with Gasteiger partial charge in [-0.05, 0) is 52.6 Å². The zero-order chi connectivity index (χ0) is 12.2. The van der Waals surface area contributed by atoms with Crippen molar-refractivity contribution in [2.45, 2.75) is 52.2 Å². The Labute approximate surface area is 98.1 Å². The van der Waals surface area contributed by atoms with Gasteiger partial charge in [-0.1, -0.05) is 6.92 Å². The summed E-state index contributed by atoms with van der Waals surface area (Å²) in [4.78, 5) is 11.6. The van der Waals surface area contributed by atoms with Crippen molar-refractivity contribution in [3.8, 4) is 0 Å². The van der Waals surface area contributed by atoms with Crippen LogP contribution in [0.3, 0.4) is 0 Å². The molecule has 0 aromatic carbocycles. The molecule has 0 radical (unpaired) electrons. The van der Waals surface area contributed by atoms with Gasteiger partial charge in [-0.25, -0.2) is 4.79 Å². The third-order valence-electron chi connectivity index (χ3n) is 2.81. The van der Waals surface area contributed by atoms with Crippen molar-refractivity contribution in [3.05, 3.63) is 0 Å². The fraction of sp³-hybridized carbons (Fsp3) is 0.917. The first-order valence-electron chi connectivity index (χ1n) is 6.12. The van der Waals surface area contributed by atoms with Crippen molar-refractivity contribution in [2.75, 3.05) is 13.1 Å². The Kier molecular flexibility index (Phi) is 4.59. The Hall–Kier alpha value is -0.770. The number of nitrogens with one attached hydrogen (secondary N) is 2. The zero-order valence-electron chi connectivity index (χ0n) is 10.8. The average molecular weight is 228 g/mol. The predicted octanol–water partition coefficient (Wildman–Crippen LogP) is 1.90. The van der Waals surface area contributed by atoms with Crippen molar-refractivity contribution in [1.82, 2.24) is 10.6 Å². The molecule has 1 heterocycles. The second-order valence-electron chi connectivity index (χ2n) is 5.41. The van der Waals surface area contributed by atoms with Gasteiger partial charge in [-0.2, -0.15) is 0 Å². The van der Waals surface area contributed by atoms with Crippen molar-refractivity contribution in [3.63, 3.8) is 0 Å². The number of ether oxygens (including phenoxy) is 1. The predicted molar refractivity (Wildman–Crippen MR) is 64.4 cm³/mol. The summed E-state index contributed by atoms with van der Waals surface area (Å²) in [5.41, 5.74) is -0.420. The molecule has 1 aliphatic heterocycles.